The van der Waals surface area contributed by atoms with E-state index < -0.39 is 0 Å². The van der Waals surface area contributed by atoms with Gasteiger partial charge in [-0.25, -0.2) is 0 Å². The Morgan fingerprint density at radius 2 is 1.91 bits per heavy atom. The minimum Gasteiger partial charge on any atom is -0.304 e. The third-order valence-electron chi connectivity index (χ3n) is 2.08. The molecule has 0 N–H and O–H groups in total. The van der Waals surface area contributed by atoms with E-state index in [1.807, 2.05) is 0 Å². The zero-order valence-electron chi connectivity index (χ0n) is 8.09. The van der Waals surface area contributed by atoms with Crippen molar-refractivity contribution in [1.29, 1.82) is 0 Å². The minimum atomic E-state index is 0.413. The van der Waals surface area contributed by atoms with E-state index in [0.29, 0.717) is 12.0 Å². The third kappa shape index (κ3) is 4.86. The van der Waals surface area contributed by atoms with Crippen LogP contribution in [-0.2, 0) is 0 Å². The average Bonchev–Trinajstić information content (AvgIpc) is 1.99. The molecule has 0 aliphatic carbocycles. The number of nitrogens with zero attached hydrogens (tertiary/aromatic N) is 1. The molecule has 0 bridgehead atoms. The zero-order chi connectivity index (χ0) is 8.85. The first-order chi connectivity index (χ1) is 5.07. The van der Waals surface area contributed by atoms with Gasteiger partial charge in [0.05, 0.1) is 0 Å². The van der Waals surface area contributed by atoms with Gasteiger partial charge in [-0.05, 0) is 33.9 Å². The van der Waals surface area contributed by atoms with Crippen LogP contribution >= 0.6 is 0 Å². The predicted octanol–water partition coefficient (Wildman–Crippen LogP) is 1.99. The van der Waals surface area contributed by atoms with Crippen molar-refractivity contribution in [3.8, 4) is 12.3 Å². The molecule has 0 aromatic heterocycles. The van der Waals surface area contributed by atoms with Crippen molar-refractivity contribution in [2.75, 3.05) is 13.6 Å². The molecule has 1 atom stereocenters. The van der Waals surface area contributed by atoms with Crippen LogP contribution in [-0.4, -0.2) is 24.5 Å². The van der Waals surface area contributed by atoms with E-state index in [9.17, 15) is 0 Å². The van der Waals surface area contributed by atoms with Gasteiger partial charge in [-0.2, -0.15) is 0 Å². The van der Waals surface area contributed by atoms with E-state index in [4.69, 9.17) is 6.42 Å². The number of terminal acetylenes is 1. The molecule has 0 aromatic carbocycles. The fourth-order valence-electron chi connectivity index (χ4n) is 0.739. The Hall–Kier alpha value is -0.480. The van der Waals surface area contributed by atoms with Crippen LogP contribution in [0.15, 0.2) is 0 Å². The molecular formula is C10H19N. The fraction of sp³-hybridized carbons (Fsp3) is 0.800. The fourth-order valence-corrected chi connectivity index (χ4v) is 0.739. The maximum Gasteiger partial charge on any atom is 0.0184 e. The molecule has 0 aromatic rings. The molecule has 0 rings (SSSR count). The van der Waals surface area contributed by atoms with Crippen molar-refractivity contribution in [2.24, 2.45) is 5.92 Å². The largest absolute Gasteiger partial charge is 0.304 e. The summed E-state index contributed by atoms with van der Waals surface area (Å²) in [6, 6.07) is 0.625. The van der Waals surface area contributed by atoms with Crippen molar-refractivity contribution in [3.63, 3.8) is 0 Å². The highest BCUT2D eigenvalue weighted by molar-refractivity contribution is 4.90. The van der Waals surface area contributed by atoms with E-state index in [0.717, 1.165) is 13.0 Å². The van der Waals surface area contributed by atoms with Crippen molar-refractivity contribution in [1.82, 2.24) is 4.90 Å². The summed E-state index contributed by atoms with van der Waals surface area (Å²) in [5.74, 6) is 3.15. The highest BCUT2D eigenvalue weighted by atomic mass is 15.1. The lowest BCUT2D eigenvalue weighted by Gasteiger charge is -2.21. The summed E-state index contributed by atoms with van der Waals surface area (Å²) >= 11 is 0. The number of hydrogen-bond donors (Lipinski definition) is 0. The molecule has 0 heterocycles. The van der Waals surface area contributed by atoms with Crippen LogP contribution in [0.2, 0.25) is 0 Å². The van der Waals surface area contributed by atoms with Gasteiger partial charge in [0.1, 0.15) is 0 Å². The predicted molar refractivity (Wildman–Crippen MR) is 50.4 cm³/mol. The Kier molecular flexibility index (Phi) is 4.98. The van der Waals surface area contributed by atoms with Crippen LogP contribution in [0.25, 0.3) is 0 Å². The molecule has 0 aliphatic rings. The van der Waals surface area contributed by atoms with Crippen molar-refractivity contribution >= 4 is 0 Å². The number of rotatable bonds is 4. The van der Waals surface area contributed by atoms with Gasteiger partial charge in [0, 0.05) is 12.0 Å². The Balaban J connectivity index is 3.47. The minimum absolute atomic E-state index is 0.413. The SMILES string of the molecule is C#CC(C)CCN(C)C(C)C. The maximum absolute atomic E-state index is 5.27. The van der Waals surface area contributed by atoms with Crippen molar-refractivity contribution in [2.45, 2.75) is 33.2 Å². The summed E-state index contributed by atoms with van der Waals surface area (Å²) in [6.45, 7) is 7.58. The molecule has 0 spiro atoms. The standard InChI is InChI=1S/C10H19N/c1-6-10(4)7-8-11(5)9(2)3/h1,9-10H,7-8H2,2-5H3. The Bertz CT molecular complexity index is 132. The first-order valence-corrected chi connectivity index (χ1v) is 4.24. The molecule has 11 heavy (non-hydrogen) atoms. The lowest BCUT2D eigenvalue weighted by atomic mass is 10.1. The Morgan fingerprint density at radius 1 is 1.36 bits per heavy atom. The Labute approximate surface area is 70.8 Å². The van der Waals surface area contributed by atoms with Crippen LogP contribution in [0.4, 0.5) is 0 Å². The van der Waals surface area contributed by atoms with Gasteiger partial charge >= 0.3 is 0 Å². The second-order valence-corrected chi connectivity index (χ2v) is 3.43. The first kappa shape index (κ1) is 10.5. The quantitative estimate of drug-likeness (QED) is 0.558. The number of hydrogen-bond acceptors (Lipinski definition) is 1. The van der Waals surface area contributed by atoms with Crippen LogP contribution in [0.5, 0.6) is 0 Å². The van der Waals surface area contributed by atoms with Gasteiger partial charge in [0.25, 0.3) is 0 Å². The molecule has 0 saturated heterocycles. The van der Waals surface area contributed by atoms with Crippen molar-refractivity contribution in [3.05, 3.63) is 0 Å². The van der Waals surface area contributed by atoms with Gasteiger partial charge in [-0.1, -0.05) is 6.92 Å². The van der Waals surface area contributed by atoms with Crippen molar-refractivity contribution < 1.29 is 0 Å². The monoisotopic (exact) mass is 153 g/mol. The van der Waals surface area contributed by atoms with Gasteiger partial charge in [-0.15, -0.1) is 12.3 Å². The molecule has 0 amide bonds. The lowest BCUT2D eigenvalue weighted by molar-refractivity contribution is 0.263. The smallest absolute Gasteiger partial charge is 0.0184 e. The molecule has 1 unspecified atom stereocenters. The van der Waals surface area contributed by atoms with Gasteiger partial charge in [0.15, 0.2) is 0 Å². The summed E-state index contributed by atoms with van der Waals surface area (Å²) in [5, 5.41) is 0. The lowest BCUT2D eigenvalue weighted by Crippen LogP contribution is -2.28. The molecule has 0 radical (unpaired) electrons. The zero-order valence-corrected chi connectivity index (χ0v) is 8.09. The van der Waals surface area contributed by atoms with Gasteiger partial charge < -0.3 is 4.90 Å². The van der Waals surface area contributed by atoms with E-state index in [2.05, 4.69) is 38.6 Å². The Morgan fingerprint density at radius 3 is 2.27 bits per heavy atom. The highest BCUT2D eigenvalue weighted by Crippen LogP contribution is 2.02. The summed E-state index contributed by atoms with van der Waals surface area (Å²) in [4.78, 5) is 2.31. The van der Waals surface area contributed by atoms with Crippen LogP contribution in [0.3, 0.4) is 0 Å². The molecule has 0 saturated carbocycles. The molecular weight excluding hydrogens is 134 g/mol. The van der Waals surface area contributed by atoms with E-state index in [1.165, 1.54) is 0 Å². The average molecular weight is 153 g/mol. The van der Waals surface area contributed by atoms with E-state index in [1.54, 1.807) is 0 Å². The summed E-state index contributed by atoms with van der Waals surface area (Å²) in [7, 11) is 2.13. The molecule has 64 valence electrons. The summed E-state index contributed by atoms with van der Waals surface area (Å²) < 4.78 is 0. The van der Waals surface area contributed by atoms with E-state index in [-0.39, 0.29) is 0 Å². The second kappa shape index (κ2) is 5.21. The summed E-state index contributed by atoms with van der Waals surface area (Å²) in [5.41, 5.74) is 0. The molecule has 0 aliphatic heterocycles. The summed E-state index contributed by atoms with van der Waals surface area (Å²) in [6.07, 6.45) is 6.37. The van der Waals surface area contributed by atoms with Crippen LogP contribution in [0, 0.1) is 18.3 Å². The molecule has 0 fully saturated rings. The third-order valence-corrected chi connectivity index (χ3v) is 2.08. The first-order valence-electron chi connectivity index (χ1n) is 4.24. The van der Waals surface area contributed by atoms with Crippen LogP contribution < -0.4 is 0 Å². The van der Waals surface area contributed by atoms with Gasteiger partial charge in [-0.3, -0.25) is 0 Å². The molecule has 1 heteroatoms. The van der Waals surface area contributed by atoms with Gasteiger partial charge in [0.2, 0.25) is 0 Å². The van der Waals surface area contributed by atoms with E-state index >= 15 is 0 Å². The second-order valence-electron chi connectivity index (χ2n) is 3.43. The topological polar surface area (TPSA) is 3.24 Å². The highest BCUT2D eigenvalue weighted by Gasteiger charge is 2.04. The molecule has 1 nitrogen and oxygen atoms in total. The normalized spacial score (nSPS) is 13.5. The van der Waals surface area contributed by atoms with Crippen LogP contribution in [0.1, 0.15) is 27.2 Å². The maximum atomic E-state index is 5.27.